The van der Waals surface area contributed by atoms with E-state index in [2.05, 4.69) is 10.6 Å². The number of carboxylic acid groups (broad SMARTS) is 1. The molecule has 0 aliphatic carbocycles. The number of carboxylic acids is 1. The number of benzene rings is 1. The van der Waals surface area contributed by atoms with Crippen LogP contribution in [-0.2, 0) is 16.0 Å². The van der Waals surface area contributed by atoms with Crippen molar-refractivity contribution < 1.29 is 23.9 Å². The lowest BCUT2D eigenvalue weighted by atomic mass is 10.1. The predicted molar refractivity (Wildman–Crippen MR) is 85.3 cm³/mol. The molecule has 1 aromatic heterocycles. The first-order chi connectivity index (χ1) is 11.5. The molecule has 0 saturated carbocycles. The summed E-state index contributed by atoms with van der Waals surface area (Å²) in [5, 5.41) is 14.2. The summed E-state index contributed by atoms with van der Waals surface area (Å²) >= 11 is 0. The summed E-state index contributed by atoms with van der Waals surface area (Å²) in [4.78, 5) is 35.3. The molecule has 3 N–H and O–H groups in total. The number of nitrogens with one attached hydrogen (secondary N) is 2. The number of amides is 2. The second-order valence-corrected chi connectivity index (χ2v) is 5.26. The van der Waals surface area contributed by atoms with Crippen LogP contribution >= 0.6 is 0 Å². The minimum absolute atomic E-state index is 0.0775. The summed E-state index contributed by atoms with van der Waals surface area (Å²) in [6.07, 6.45) is 1.50. The Balaban J connectivity index is 1.94. The van der Waals surface area contributed by atoms with Crippen LogP contribution in [0.25, 0.3) is 0 Å². The van der Waals surface area contributed by atoms with Crippen LogP contribution in [0.15, 0.2) is 53.1 Å². The van der Waals surface area contributed by atoms with Crippen molar-refractivity contribution in [3.63, 3.8) is 0 Å². The molecule has 24 heavy (non-hydrogen) atoms. The second kappa shape index (κ2) is 7.96. The molecule has 7 nitrogen and oxygen atoms in total. The molecule has 2 atom stereocenters. The molecule has 0 bridgehead atoms. The fourth-order valence-electron chi connectivity index (χ4n) is 2.09. The van der Waals surface area contributed by atoms with Crippen molar-refractivity contribution in [1.82, 2.24) is 10.6 Å². The van der Waals surface area contributed by atoms with E-state index in [1.807, 2.05) is 6.07 Å². The number of hydrogen-bond donors (Lipinski definition) is 3. The van der Waals surface area contributed by atoms with Crippen LogP contribution in [0, 0.1) is 0 Å². The second-order valence-electron chi connectivity index (χ2n) is 5.26. The van der Waals surface area contributed by atoms with Crippen LogP contribution in [0.2, 0.25) is 0 Å². The number of furan rings is 1. The standard InChI is InChI=1S/C17H18N2O5/c1-11(18-16(21)14-8-5-9-24-14)15(20)19-13(17(22)23)10-12-6-3-2-4-7-12/h2-9,11,13H,10H2,1H3,(H,18,21)(H,19,20)(H,22,23)/t11-,13+/m1/s1. The van der Waals surface area contributed by atoms with Gasteiger partial charge in [0.1, 0.15) is 12.1 Å². The van der Waals surface area contributed by atoms with Crippen molar-refractivity contribution in [2.45, 2.75) is 25.4 Å². The highest BCUT2D eigenvalue weighted by molar-refractivity contribution is 5.96. The Morgan fingerprint density at radius 2 is 1.79 bits per heavy atom. The Hall–Kier alpha value is -3.09. The summed E-state index contributed by atoms with van der Waals surface area (Å²) in [5.41, 5.74) is 0.789. The molecular formula is C17H18N2O5. The number of aliphatic carboxylic acids is 1. The van der Waals surface area contributed by atoms with E-state index in [1.54, 1.807) is 30.3 Å². The Bertz CT molecular complexity index is 697. The molecule has 0 aliphatic rings. The summed E-state index contributed by atoms with van der Waals surface area (Å²) in [7, 11) is 0. The first kappa shape index (κ1) is 17.3. The van der Waals surface area contributed by atoms with Gasteiger partial charge in [-0.2, -0.15) is 0 Å². The maximum atomic E-state index is 12.1. The lowest BCUT2D eigenvalue weighted by molar-refractivity contribution is -0.142. The highest BCUT2D eigenvalue weighted by atomic mass is 16.4. The molecule has 0 radical (unpaired) electrons. The van der Waals surface area contributed by atoms with Crippen LogP contribution in [0.3, 0.4) is 0 Å². The molecule has 126 valence electrons. The van der Waals surface area contributed by atoms with Gasteiger partial charge in [-0.1, -0.05) is 30.3 Å². The first-order valence-corrected chi connectivity index (χ1v) is 7.39. The average Bonchev–Trinajstić information content (AvgIpc) is 3.09. The minimum Gasteiger partial charge on any atom is -0.480 e. The molecule has 0 fully saturated rings. The lowest BCUT2D eigenvalue weighted by Gasteiger charge is -2.18. The van der Waals surface area contributed by atoms with Crippen molar-refractivity contribution in [1.29, 1.82) is 0 Å². The van der Waals surface area contributed by atoms with Crippen molar-refractivity contribution in [3.05, 3.63) is 60.1 Å². The van der Waals surface area contributed by atoms with E-state index >= 15 is 0 Å². The largest absolute Gasteiger partial charge is 0.480 e. The maximum Gasteiger partial charge on any atom is 0.326 e. The topological polar surface area (TPSA) is 109 Å². The van der Waals surface area contributed by atoms with Gasteiger partial charge >= 0.3 is 5.97 Å². The van der Waals surface area contributed by atoms with Gasteiger partial charge in [-0.05, 0) is 24.6 Å². The minimum atomic E-state index is -1.14. The van der Waals surface area contributed by atoms with E-state index in [9.17, 15) is 19.5 Å². The van der Waals surface area contributed by atoms with Gasteiger partial charge in [0.05, 0.1) is 6.26 Å². The molecule has 2 rings (SSSR count). The van der Waals surface area contributed by atoms with Crippen LogP contribution in [0.1, 0.15) is 23.0 Å². The van der Waals surface area contributed by atoms with E-state index in [0.29, 0.717) is 0 Å². The number of carbonyl (C=O) groups excluding carboxylic acids is 2. The molecule has 2 aromatic rings. The van der Waals surface area contributed by atoms with E-state index in [4.69, 9.17) is 4.42 Å². The number of carbonyl (C=O) groups is 3. The highest BCUT2D eigenvalue weighted by Gasteiger charge is 2.24. The quantitative estimate of drug-likeness (QED) is 0.707. The average molecular weight is 330 g/mol. The first-order valence-electron chi connectivity index (χ1n) is 7.39. The van der Waals surface area contributed by atoms with Crippen LogP contribution in [0.4, 0.5) is 0 Å². The predicted octanol–water partition coefficient (Wildman–Crippen LogP) is 1.21. The molecule has 1 heterocycles. The van der Waals surface area contributed by atoms with Gasteiger partial charge in [0.2, 0.25) is 5.91 Å². The Kier molecular flexibility index (Phi) is 5.73. The van der Waals surface area contributed by atoms with E-state index in [0.717, 1.165) is 5.56 Å². The van der Waals surface area contributed by atoms with Gasteiger partial charge in [0.15, 0.2) is 5.76 Å². The van der Waals surface area contributed by atoms with Gasteiger partial charge < -0.3 is 20.2 Å². The molecule has 7 heteroatoms. The number of rotatable bonds is 7. The zero-order valence-electron chi connectivity index (χ0n) is 13.1. The molecule has 0 unspecified atom stereocenters. The number of hydrogen-bond acceptors (Lipinski definition) is 4. The Morgan fingerprint density at radius 3 is 2.38 bits per heavy atom. The van der Waals surface area contributed by atoms with Gasteiger partial charge in [-0.25, -0.2) is 4.79 Å². The van der Waals surface area contributed by atoms with Crippen molar-refractivity contribution in [3.8, 4) is 0 Å². The van der Waals surface area contributed by atoms with Crippen LogP contribution < -0.4 is 10.6 Å². The third kappa shape index (κ3) is 4.70. The van der Waals surface area contributed by atoms with E-state index in [1.165, 1.54) is 19.3 Å². The SMILES string of the molecule is C[C@@H](NC(=O)c1ccco1)C(=O)N[C@@H](Cc1ccccc1)C(=O)O. The fourth-order valence-corrected chi connectivity index (χ4v) is 2.09. The van der Waals surface area contributed by atoms with Crippen LogP contribution in [-0.4, -0.2) is 35.0 Å². The summed E-state index contributed by atoms with van der Waals surface area (Å²) in [6, 6.07) is 10.0. The summed E-state index contributed by atoms with van der Waals surface area (Å²) < 4.78 is 4.94. The van der Waals surface area contributed by atoms with E-state index in [-0.39, 0.29) is 12.2 Å². The summed E-state index contributed by atoms with van der Waals surface area (Å²) in [6.45, 7) is 1.47. The van der Waals surface area contributed by atoms with Gasteiger partial charge in [-0.3, -0.25) is 9.59 Å². The fraction of sp³-hybridized carbons (Fsp3) is 0.235. The monoisotopic (exact) mass is 330 g/mol. The lowest BCUT2D eigenvalue weighted by Crippen LogP contribution is -2.51. The summed E-state index contributed by atoms with van der Waals surface area (Å²) in [5.74, 6) is -2.19. The maximum absolute atomic E-state index is 12.1. The smallest absolute Gasteiger partial charge is 0.326 e. The molecule has 1 aromatic carbocycles. The molecular weight excluding hydrogens is 312 g/mol. The third-order valence-electron chi connectivity index (χ3n) is 3.38. The zero-order valence-corrected chi connectivity index (χ0v) is 13.1. The van der Waals surface area contributed by atoms with Crippen molar-refractivity contribution in [2.24, 2.45) is 0 Å². The van der Waals surface area contributed by atoms with Gasteiger partial charge in [-0.15, -0.1) is 0 Å². The van der Waals surface area contributed by atoms with Gasteiger partial charge in [0.25, 0.3) is 5.91 Å². The molecule has 0 saturated heterocycles. The molecule has 2 amide bonds. The third-order valence-corrected chi connectivity index (χ3v) is 3.38. The molecule has 0 aliphatic heterocycles. The van der Waals surface area contributed by atoms with Crippen molar-refractivity contribution in [2.75, 3.05) is 0 Å². The van der Waals surface area contributed by atoms with E-state index < -0.39 is 29.9 Å². The Morgan fingerprint density at radius 1 is 1.08 bits per heavy atom. The van der Waals surface area contributed by atoms with Gasteiger partial charge in [0, 0.05) is 6.42 Å². The highest BCUT2D eigenvalue weighted by Crippen LogP contribution is 2.04. The normalized spacial score (nSPS) is 12.9. The van der Waals surface area contributed by atoms with Crippen LogP contribution in [0.5, 0.6) is 0 Å². The molecule has 0 spiro atoms. The zero-order chi connectivity index (χ0) is 17.5. The Labute approximate surface area is 138 Å². The van der Waals surface area contributed by atoms with Crippen molar-refractivity contribution >= 4 is 17.8 Å².